The summed E-state index contributed by atoms with van der Waals surface area (Å²) in [6.07, 6.45) is 0.271. The average Bonchev–Trinajstić information content (AvgIpc) is 2.77. The number of nitrogens with zero attached hydrogens (tertiary/aromatic N) is 2. The normalized spacial score (nSPS) is 19.4. The van der Waals surface area contributed by atoms with Gasteiger partial charge in [0.25, 0.3) is 0 Å². The Kier molecular flexibility index (Phi) is 6.69. The number of benzene rings is 2. The zero-order valence-corrected chi connectivity index (χ0v) is 21.0. The molecule has 0 radical (unpaired) electrons. The molecule has 1 aliphatic heterocycles. The minimum absolute atomic E-state index is 0.189. The maximum atomic E-state index is 13.6. The molecule has 6 heteroatoms. The van der Waals surface area contributed by atoms with E-state index in [0.717, 1.165) is 28.1 Å². The van der Waals surface area contributed by atoms with Crippen molar-refractivity contribution in [2.75, 3.05) is 6.54 Å². The lowest BCUT2D eigenvalue weighted by Crippen LogP contribution is -2.51. The molecule has 1 fully saturated rings. The first-order chi connectivity index (χ1) is 16.5. The summed E-state index contributed by atoms with van der Waals surface area (Å²) in [5.41, 5.74) is 3.77. The van der Waals surface area contributed by atoms with Crippen LogP contribution in [0.2, 0.25) is 0 Å². The van der Waals surface area contributed by atoms with Crippen LogP contribution in [0.5, 0.6) is 0 Å². The van der Waals surface area contributed by atoms with Crippen molar-refractivity contribution in [2.45, 2.75) is 64.7 Å². The van der Waals surface area contributed by atoms with Gasteiger partial charge in [0.15, 0.2) is 0 Å². The summed E-state index contributed by atoms with van der Waals surface area (Å²) in [6.45, 7) is 9.79. The van der Waals surface area contributed by atoms with Crippen molar-refractivity contribution in [3.63, 3.8) is 0 Å². The van der Waals surface area contributed by atoms with Crippen LogP contribution in [0.25, 0.3) is 11.1 Å². The Hall–Kier alpha value is -3.25. The number of hydrogen-bond donors (Lipinski definition) is 1. The van der Waals surface area contributed by atoms with Crippen LogP contribution in [0.1, 0.15) is 62.2 Å². The van der Waals surface area contributed by atoms with Crippen molar-refractivity contribution in [2.24, 2.45) is 0 Å². The zero-order chi connectivity index (χ0) is 25.4. The Morgan fingerprint density at radius 3 is 2.20 bits per heavy atom. The standard InChI is InChI=1S/C29H33FN2O3/c1-19-16-24(17-20(2)31-19)23-8-6-22(7-9-23)21(3)32-15-14-29(35-27(32)33,18-28(4,5)34)25-10-12-26(30)13-11-25/h6-13,16-17,21,34H,14-15,18H2,1-5H3. The Bertz CT molecular complexity index is 1180. The van der Waals surface area contributed by atoms with Gasteiger partial charge in [-0.05, 0) is 81.1 Å². The highest BCUT2D eigenvalue weighted by Crippen LogP contribution is 2.42. The van der Waals surface area contributed by atoms with Crippen LogP contribution < -0.4 is 0 Å². The van der Waals surface area contributed by atoms with Gasteiger partial charge in [0.05, 0.1) is 11.6 Å². The van der Waals surface area contributed by atoms with Crippen LogP contribution in [-0.4, -0.2) is 33.2 Å². The third-order valence-corrected chi connectivity index (χ3v) is 6.64. The molecule has 3 aromatic rings. The molecule has 0 bridgehead atoms. The predicted octanol–water partition coefficient (Wildman–Crippen LogP) is 6.46. The van der Waals surface area contributed by atoms with Crippen LogP contribution >= 0.6 is 0 Å². The molecule has 35 heavy (non-hydrogen) atoms. The van der Waals surface area contributed by atoms with E-state index >= 15 is 0 Å². The number of cyclic esters (lactones) is 1. The Morgan fingerprint density at radius 1 is 1.06 bits per heavy atom. The van der Waals surface area contributed by atoms with Crippen molar-refractivity contribution in [3.8, 4) is 11.1 Å². The van der Waals surface area contributed by atoms with Crippen molar-refractivity contribution >= 4 is 6.09 Å². The lowest BCUT2D eigenvalue weighted by atomic mass is 9.80. The smallest absolute Gasteiger partial charge is 0.411 e. The van der Waals surface area contributed by atoms with E-state index in [2.05, 4.69) is 29.2 Å². The predicted molar refractivity (Wildman–Crippen MR) is 134 cm³/mol. The summed E-state index contributed by atoms with van der Waals surface area (Å²) < 4.78 is 19.6. The molecule has 0 saturated carbocycles. The van der Waals surface area contributed by atoms with E-state index in [9.17, 15) is 14.3 Å². The van der Waals surface area contributed by atoms with Crippen LogP contribution in [0.15, 0.2) is 60.7 Å². The van der Waals surface area contributed by atoms with Crippen molar-refractivity contribution in [1.82, 2.24) is 9.88 Å². The molecule has 2 unspecified atom stereocenters. The third-order valence-electron chi connectivity index (χ3n) is 6.64. The Morgan fingerprint density at radius 2 is 1.66 bits per heavy atom. The van der Waals surface area contributed by atoms with Crippen LogP contribution in [-0.2, 0) is 10.3 Å². The van der Waals surface area contributed by atoms with Gasteiger partial charge in [-0.2, -0.15) is 0 Å². The number of halogens is 1. The highest BCUT2D eigenvalue weighted by molar-refractivity contribution is 5.70. The molecule has 1 saturated heterocycles. The van der Waals surface area contributed by atoms with E-state index in [1.807, 2.05) is 32.9 Å². The molecule has 2 atom stereocenters. The molecule has 184 valence electrons. The van der Waals surface area contributed by atoms with E-state index in [-0.39, 0.29) is 18.3 Å². The van der Waals surface area contributed by atoms with E-state index in [4.69, 9.17) is 4.74 Å². The highest BCUT2D eigenvalue weighted by atomic mass is 19.1. The minimum Gasteiger partial charge on any atom is -0.438 e. The van der Waals surface area contributed by atoms with Gasteiger partial charge < -0.3 is 14.7 Å². The number of amides is 1. The van der Waals surface area contributed by atoms with Gasteiger partial charge in [0.2, 0.25) is 0 Å². The SMILES string of the molecule is Cc1cc(-c2ccc(C(C)N3CCC(CC(C)(C)O)(c4ccc(F)cc4)OC3=O)cc2)cc(C)n1. The molecular formula is C29H33FN2O3. The number of rotatable bonds is 6. The number of pyridine rings is 1. The summed E-state index contributed by atoms with van der Waals surface area (Å²) in [5, 5.41) is 10.6. The van der Waals surface area contributed by atoms with E-state index in [0.29, 0.717) is 18.5 Å². The lowest BCUT2D eigenvalue weighted by Gasteiger charge is -2.45. The quantitative estimate of drug-likeness (QED) is 0.443. The Balaban J connectivity index is 1.55. The summed E-state index contributed by atoms with van der Waals surface area (Å²) in [5.74, 6) is -0.356. The second kappa shape index (κ2) is 9.42. The van der Waals surface area contributed by atoms with Crippen LogP contribution in [0, 0.1) is 19.7 Å². The fourth-order valence-corrected chi connectivity index (χ4v) is 5.04. The summed E-state index contributed by atoms with van der Waals surface area (Å²) in [4.78, 5) is 19.4. The lowest BCUT2D eigenvalue weighted by molar-refractivity contribution is -0.101. The molecule has 4 rings (SSSR count). The summed E-state index contributed by atoms with van der Waals surface area (Å²) in [7, 11) is 0. The van der Waals surface area contributed by atoms with E-state index in [1.165, 1.54) is 12.1 Å². The molecule has 0 spiro atoms. The molecule has 1 aromatic heterocycles. The second-order valence-electron chi connectivity index (χ2n) is 10.2. The second-order valence-corrected chi connectivity index (χ2v) is 10.2. The molecular weight excluding hydrogens is 443 g/mol. The summed E-state index contributed by atoms with van der Waals surface area (Å²) in [6, 6.07) is 18.1. The van der Waals surface area contributed by atoms with Crippen molar-refractivity contribution < 1.29 is 19.0 Å². The number of aryl methyl sites for hydroxylation is 2. The van der Waals surface area contributed by atoms with Gasteiger partial charge in [-0.3, -0.25) is 4.98 Å². The maximum absolute atomic E-state index is 13.6. The fourth-order valence-electron chi connectivity index (χ4n) is 5.04. The van der Waals surface area contributed by atoms with Gasteiger partial charge in [0, 0.05) is 30.8 Å². The highest BCUT2D eigenvalue weighted by Gasteiger charge is 2.46. The van der Waals surface area contributed by atoms with Gasteiger partial charge in [-0.25, -0.2) is 9.18 Å². The number of carbonyl (C=O) groups is 1. The maximum Gasteiger partial charge on any atom is 0.411 e. The third kappa shape index (κ3) is 5.54. The molecule has 1 amide bonds. The molecule has 1 N–H and O–H groups in total. The number of aliphatic hydroxyl groups is 1. The largest absolute Gasteiger partial charge is 0.438 e. The molecule has 5 nitrogen and oxygen atoms in total. The van der Waals surface area contributed by atoms with Gasteiger partial charge in [0.1, 0.15) is 11.4 Å². The van der Waals surface area contributed by atoms with Gasteiger partial charge >= 0.3 is 6.09 Å². The van der Waals surface area contributed by atoms with Crippen molar-refractivity contribution in [3.05, 3.63) is 89.0 Å². The molecule has 1 aliphatic rings. The average molecular weight is 477 g/mol. The first kappa shape index (κ1) is 24.9. The topological polar surface area (TPSA) is 62.7 Å². The minimum atomic E-state index is -1.07. The van der Waals surface area contributed by atoms with Crippen LogP contribution in [0.4, 0.5) is 9.18 Å². The zero-order valence-electron chi connectivity index (χ0n) is 21.0. The fraction of sp³-hybridized carbons (Fsp3) is 0.379. The molecule has 0 aliphatic carbocycles. The molecule has 2 heterocycles. The Labute approximate surface area is 206 Å². The monoisotopic (exact) mass is 476 g/mol. The molecule has 2 aromatic carbocycles. The van der Waals surface area contributed by atoms with Gasteiger partial charge in [-0.15, -0.1) is 0 Å². The van der Waals surface area contributed by atoms with E-state index < -0.39 is 17.3 Å². The number of carbonyl (C=O) groups excluding carboxylic acids is 1. The number of hydrogen-bond acceptors (Lipinski definition) is 4. The van der Waals surface area contributed by atoms with Crippen molar-refractivity contribution in [1.29, 1.82) is 0 Å². The van der Waals surface area contributed by atoms with Crippen LogP contribution in [0.3, 0.4) is 0 Å². The first-order valence-corrected chi connectivity index (χ1v) is 12.0. The van der Waals surface area contributed by atoms with E-state index in [1.54, 1.807) is 30.9 Å². The number of ether oxygens (including phenoxy) is 1. The van der Waals surface area contributed by atoms with Gasteiger partial charge in [-0.1, -0.05) is 36.4 Å². The first-order valence-electron chi connectivity index (χ1n) is 12.0. The number of aromatic nitrogens is 1. The summed E-state index contributed by atoms with van der Waals surface area (Å²) >= 11 is 0.